The molecule has 130 valence electrons. The van der Waals surface area contributed by atoms with Gasteiger partial charge in [-0.05, 0) is 12.0 Å². The minimum atomic E-state index is 0.143. The van der Waals surface area contributed by atoms with Crippen molar-refractivity contribution in [3.05, 3.63) is 60.1 Å². The molecule has 0 aliphatic carbocycles. The van der Waals surface area contributed by atoms with Gasteiger partial charge in [0.05, 0.1) is 25.2 Å². The van der Waals surface area contributed by atoms with Crippen LogP contribution in [0.5, 0.6) is 0 Å². The Balaban J connectivity index is 1.33. The summed E-state index contributed by atoms with van der Waals surface area (Å²) in [7, 11) is 0. The van der Waals surface area contributed by atoms with Crippen LogP contribution in [-0.4, -0.2) is 39.9 Å². The highest BCUT2D eigenvalue weighted by Crippen LogP contribution is 2.27. The highest BCUT2D eigenvalue weighted by Gasteiger charge is 2.26. The largest absolute Gasteiger partial charge is 0.339 e. The van der Waals surface area contributed by atoms with Crippen LogP contribution in [-0.2, 0) is 19.5 Å². The van der Waals surface area contributed by atoms with E-state index in [1.54, 1.807) is 11.0 Å². The van der Waals surface area contributed by atoms with E-state index in [9.17, 15) is 0 Å². The minimum Gasteiger partial charge on any atom is -0.339 e. The van der Waals surface area contributed by atoms with Gasteiger partial charge >= 0.3 is 0 Å². The fourth-order valence-corrected chi connectivity index (χ4v) is 3.19. The molecule has 0 radical (unpaired) electrons. The molecule has 4 aromatic rings. The maximum absolute atomic E-state index is 5.48. The Morgan fingerprint density at radius 3 is 3.04 bits per heavy atom. The molecular formula is C17H16N8O. The molecule has 5 rings (SSSR count). The molecule has 1 aliphatic heterocycles. The smallest absolute Gasteiger partial charge is 0.232 e. The first-order chi connectivity index (χ1) is 12.8. The van der Waals surface area contributed by atoms with E-state index in [1.807, 2.05) is 29.1 Å². The van der Waals surface area contributed by atoms with Crippen LogP contribution in [0, 0.1) is 0 Å². The van der Waals surface area contributed by atoms with Gasteiger partial charge in [-0.25, -0.2) is 14.3 Å². The Bertz CT molecular complexity index is 1020. The lowest BCUT2D eigenvalue weighted by Crippen LogP contribution is -2.20. The second-order valence-electron chi connectivity index (χ2n) is 6.34. The molecule has 1 unspecified atom stereocenters. The lowest BCUT2D eigenvalue weighted by molar-refractivity contribution is 0.308. The van der Waals surface area contributed by atoms with Crippen molar-refractivity contribution in [2.24, 2.45) is 0 Å². The van der Waals surface area contributed by atoms with E-state index in [2.05, 4.69) is 42.7 Å². The Kier molecular flexibility index (Phi) is 3.55. The minimum absolute atomic E-state index is 0.143. The number of nitrogens with zero attached hydrogens (tertiary/aromatic N) is 8. The van der Waals surface area contributed by atoms with E-state index in [0.29, 0.717) is 30.5 Å². The Labute approximate surface area is 148 Å². The first kappa shape index (κ1) is 14.9. The molecule has 0 saturated heterocycles. The lowest BCUT2D eigenvalue weighted by Gasteiger charge is -2.18. The van der Waals surface area contributed by atoms with Gasteiger partial charge in [0.2, 0.25) is 11.7 Å². The zero-order chi connectivity index (χ0) is 17.3. The summed E-state index contributed by atoms with van der Waals surface area (Å²) in [5, 5.41) is 16.6. The standard InChI is InChI=1S/C17H16N8O/c1-2-4-12(5-3-1)8-24-10-14(21-23-24)16-20-17(26-22-16)13-6-7-15-18-11-19-25(15)9-13/h1-5,10-11,13H,6-9H2. The third-order valence-corrected chi connectivity index (χ3v) is 4.55. The molecule has 9 nitrogen and oxygen atoms in total. The van der Waals surface area contributed by atoms with Crippen molar-refractivity contribution < 1.29 is 4.52 Å². The summed E-state index contributed by atoms with van der Waals surface area (Å²) in [5.74, 6) is 2.22. The molecule has 1 atom stereocenters. The predicted octanol–water partition coefficient (Wildman–Crippen LogP) is 1.70. The van der Waals surface area contributed by atoms with Gasteiger partial charge in [-0.3, -0.25) is 0 Å². The van der Waals surface area contributed by atoms with Crippen molar-refractivity contribution in [3.8, 4) is 11.5 Å². The third kappa shape index (κ3) is 2.77. The average Bonchev–Trinajstić information content (AvgIpc) is 3.42. The number of hydrogen-bond donors (Lipinski definition) is 0. The van der Waals surface area contributed by atoms with Crippen molar-refractivity contribution in [2.75, 3.05) is 0 Å². The van der Waals surface area contributed by atoms with Gasteiger partial charge < -0.3 is 4.52 Å². The first-order valence-electron chi connectivity index (χ1n) is 8.50. The van der Waals surface area contributed by atoms with Crippen molar-refractivity contribution in [1.82, 2.24) is 39.9 Å². The second kappa shape index (κ2) is 6.17. The summed E-state index contributed by atoms with van der Waals surface area (Å²) in [6.07, 6.45) is 5.19. The molecule has 0 fully saturated rings. The third-order valence-electron chi connectivity index (χ3n) is 4.55. The maximum atomic E-state index is 5.48. The topological polar surface area (TPSA) is 100 Å². The molecule has 0 bridgehead atoms. The monoisotopic (exact) mass is 348 g/mol. The van der Waals surface area contributed by atoms with Crippen LogP contribution in [0.3, 0.4) is 0 Å². The van der Waals surface area contributed by atoms with E-state index in [1.165, 1.54) is 0 Å². The zero-order valence-corrected chi connectivity index (χ0v) is 13.9. The molecule has 1 aromatic carbocycles. The Morgan fingerprint density at radius 2 is 2.12 bits per heavy atom. The van der Waals surface area contributed by atoms with Gasteiger partial charge in [0.25, 0.3) is 0 Å². The molecular weight excluding hydrogens is 332 g/mol. The quantitative estimate of drug-likeness (QED) is 0.553. The second-order valence-corrected chi connectivity index (χ2v) is 6.34. The van der Waals surface area contributed by atoms with Crippen LogP contribution in [0.4, 0.5) is 0 Å². The number of benzene rings is 1. The molecule has 3 aromatic heterocycles. The summed E-state index contributed by atoms with van der Waals surface area (Å²) in [5.41, 5.74) is 1.76. The van der Waals surface area contributed by atoms with Crippen molar-refractivity contribution in [2.45, 2.75) is 31.8 Å². The lowest BCUT2D eigenvalue weighted by atomic mass is 10.00. The van der Waals surface area contributed by atoms with E-state index >= 15 is 0 Å². The van der Waals surface area contributed by atoms with Crippen molar-refractivity contribution in [1.29, 1.82) is 0 Å². The van der Waals surface area contributed by atoms with Gasteiger partial charge in [-0.1, -0.05) is 40.7 Å². The van der Waals surface area contributed by atoms with Gasteiger partial charge in [0.15, 0.2) is 5.69 Å². The van der Waals surface area contributed by atoms with Crippen LogP contribution in [0.1, 0.15) is 29.6 Å². The van der Waals surface area contributed by atoms with Crippen LogP contribution < -0.4 is 0 Å². The average molecular weight is 348 g/mol. The van der Waals surface area contributed by atoms with Crippen molar-refractivity contribution in [3.63, 3.8) is 0 Å². The summed E-state index contributed by atoms with van der Waals surface area (Å²) >= 11 is 0. The number of hydrogen-bond acceptors (Lipinski definition) is 7. The van der Waals surface area contributed by atoms with Crippen LogP contribution in [0.15, 0.2) is 47.4 Å². The highest BCUT2D eigenvalue weighted by atomic mass is 16.5. The number of aromatic nitrogens is 8. The zero-order valence-electron chi connectivity index (χ0n) is 13.9. The van der Waals surface area contributed by atoms with Gasteiger partial charge in [0, 0.05) is 6.42 Å². The summed E-state index contributed by atoms with van der Waals surface area (Å²) in [4.78, 5) is 8.77. The van der Waals surface area contributed by atoms with Gasteiger partial charge in [0.1, 0.15) is 12.2 Å². The molecule has 0 amide bonds. The molecule has 1 aliphatic rings. The summed E-state index contributed by atoms with van der Waals surface area (Å²) in [6.45, 7) is 1.36. The van der Waals surface area contributed by atoms with Crippen LogP contribution in [0.2, 0.25) is 0 Å². The molecule has 0 spiro atoms. The van der Waals surface area contributed by atoms with Gasteiger partial charge in [-0.2, -0.15) is 10.1 Å². The highest BCUT2D eigenvalue weighted by molar-refractivity contribution is 5.45. The Hall–Kier alpha value is -3.36. The Morgan fingerprint density at radius 1 is 1.19 bits per heavy atom. The number of rotatable bonds is 4. The fourth-order valence-electron chi connectivity index (χ4n) is 3.19. The first-order valence-corrected chi connectivity index (χ1v) is 8.50. The maximum Gasteiger partial charge on any atom is 0.232 e. The fraction of sp³-hybridized carbons (Fsp3) is 0.294. The van der Waals surface area contributed by atoms with E-state index in [-0.39, 0.29) is 5.92 Å². The van der Waals surface area contributed by atoms with Crippen LogP contribution in [0.25, 0.3) is 11.5 Å². The SMILES string of the molecule is c1ccc(Cn2cc(-c3noc(C4CCc5ncnn5C4)n3)nn2)cc1. The van der Waals surface area contributed by atoms with Crippen LogP contribution >= 0.6 is 0 Å². The molecule has 26 heavy (non-hydrogen) atoms. The predicted molar refractivity (Wildman–Crippen MR) is 89.9 cm³/mol. The number of aryl methyl sites for hydroxylation is 1. The number of fused-ring (bicyclic) bond motifs is 1. The van der Waals surface area contributed by atoms with Gasteiger partial charge in [-0.15, -0.1) is 5.10 Å². The van der Waals surface area contributed by atoms with E-state index in [4.69, 9.17) is 4.52 Å². The summed E-state index contributed by atoms with van der Waals surface area (Å²) < 4.78 is 9.14. The van der Waals surface area contributed by atoms with Crippen molar-refractivity contribution >= 4 is 0 Å². The molecule has 0 N–H and O–H groups in total. The normalized spacial score (nSPS) is 16.5. The van der Waals surface area contributed by atoms with E-state index < -0.39 is 0 Å². The molecule has 4 heterocycles. The van der Waals surface area contributed by atoms with E-state index in [0.717, 1.165) is 24.2 Å². The molecule has 0 saturated carbocycles. The molecule has 9 heteroatoms. The summed E-state index contributed by atoms with van der Waals surface area (Å²) in [6, 6.07) is 10.1.